The Bertz CT molecular complexity index is 726. The number of nitrogens with one attached hydrogen (secondary N) is 1. The Kier molecular flexibility index (Phi) is 4.56. The summed E-state index contributed by atoms with van der Waals surface area (Å²) >= 11 is 0. The van der Waals surface area contributed by atoms with Crippen LogP contribution >= 0.6 is 0 Å². The quantitative estimate of drug-likeness (QED) is 0.691. The second-order valence-corrected chi connectivity index (χ2v) is 5.35. The van der Waals surface area contributed by atoms with Gasteiger partial charge in [-0.25, -0.2) is 0 Å². The lowest BCUT2D eigenvalue weighted by atomic mass is 10.0. The van der Waals surface area contributed by atoms with Gasteiger partial charge in [-0.2, -0.15) is 0 Å². The van der Waals surface area contributed by atoms with Crippen LogP contribution in [0.4, 0.5) is 5.69 Å². The van der Waals surface area contributed by atoms with Crippen molar-refractivity contribution < 1.29 is 9.72 Å². The number of benzene rings is 2. The number of hydrogen-bond donors (Lipinski definition) is 1. The zero-order valence-electron chi connectivity index (χ0n) is 12.8. The molecule has 0 aromatic heterocycles. The first-order valence-corrected chi connectivity index (χ1v) is 7.01. The number of non-ortho nitro benzene ring substituents is 1. The number of carbonyl (C=O) groups is 1. The molecule has 0 heterocycles. The van der Waals surface area contributed by atoms with Gasteiger partial charge in [-0.1, -0.05) is 24.3 Å². The van der Waals surface area contributed by atoms with Gasteiger partial charge in [0.05, 0.1) is 11.0 Å². The number of amides is 1. The van der Waals surface area contributed by atoms with Gasteiger partial charge in [0.1, 0.15) is 0 Å². The highest BCUT2D eigenvalue weighted by Gasteiger charge is 2.14. The molecular formula is C17H18N2O3. The molecule has 0 radical (unpaired) electrons. The van der Waals surface area contributed by atoms with Crippen molar-refractivity contribution in [3.63, 3.8) is 0 Å². The molecule has 1 N–H and O–H groups in total. The highest BCUT2D eigenvalue weighted by molar-refractivity contribution is 5.95. The molecule has 0 saturated heterocycles. The summed E-state index contributed by atoms with van der Waals surface area (Å²) in [5.41, 5.74) is 3.55. The van der Waals surface area contributed by atoms with E-state index < -0.39 is 4.92 Å². The molecule has 1 amide bonds. The van der Waals surface area contributed by atoms with E-state index >= 15 is 0 Å². The minimum absolute atomic E-state index is 0.0912. The largest absolute Gasteiger partial charge is 0.346 e. The Hall–Kier alpha value is -2.69. The Balaban J connectivity index is 2.15. The maximum atomic E-state index is 12.2. The van der Waals surface area contributed by atoms with Crippen LogP contribution in [0, 0.1) is 24.0 Å². The summed E-state index contributed by atoms with van der Waals surface area (Å²) in [6, 6.07) is 11.6. The predicted octanol–water partition coefficient (Wildman–Crippen LogP) is 3.70. The number of nitrogens with zero attached hydrogens (tertiary/aromatic N) is 1. The summed E-state index contributed by atoms with van der Waals surface area (Å²) in [5, 5.41) is 13.6. The molecule has 22 heavy (non-hydrogen) atoms. The second kappa shape index (κ2) is 6.39. The predicted molar refractivity (Wildman–Crippen MR) is 84.9 cm³/mol. The van der Waals surface area contributed by atoms with Gasteiger partial charge in [0, 0.05) is 17.7 Å². The molecule has 2 aromatic rings. The lowest BCUT2D eigenvalue weighted by Gasteiger charge is -2.15. The van der Waals surface area contributed by atoms with E-state index in [-0.39, 0.29) is 23.2 Å². The molecule has 2 rings (SSSR count). The van der Waals surface area contributed by atoms with E-state index in [1.54, 1.807) is 6.07 Å². The van der Waals surface area contributed by atoms with Gasteiger partial charge < -0.3 is 5.32 Å². The molecule has 0 aliphatic carbocycles. The van der Waals surface area contributed by atoms with Crippen LogP contribution in [0.15, 0.2) is 42.5 Å². The summed E-state index contributed by atoms with van der Waals surface area (Å²) < 4.78 is 0. The molecular weight excluding hydrogens is 280 g/mol. The highest BCUT2D eigenvalue weighted by Crippen LogP contribution is 2.18. The summed E-state index contributed by atoms with van der Waals surface area (Å²) in [5.74, 6) is -0.325. The number of nitro groups is 1. The summed E-state index contributed by atoms with van der Waals surface area (Å²) in [6.45, 7) is 5.94. The molecule has 0 aliphatic heterocycles. The Morgan fingerprint density at radius 2 is 1.86 bits per heavy atom. The van der Waals surface area contributed by atoms with Gasteiger partial charge in [-0.15, -0.1) is 0 Å². The fraction of sp³-hybridized carbons (Fsp3) is 0.235. The topological polar surface area (TPSA) is 72.2 Å². The van der Waals surface area contributed by atoms with Crippen molar-refractivity contribution in [2.24, 2.45) is 0 Å². The van der Waals surface area contributed by atoms with Crippen LogP contribution in [-0.2, 0) is 0 Å². The zero-order chi connectivity index (χ0) is 16.3. The first-order valence-electron chi connectivity index (χ1n) is 7.01. The van der Waals surface area contributed by atoms with E-state index in [1.165, 1.54) is 23.8 Å². The lowest BCUT2D eigenvalue weighted by Crippen LogP contribution is -2.26. The average Bonchev–Trinajstić information content (AvgIpc) is 2.50. The van der Waals surface area contributed by atoms with Crippen LogP contribution in [0.1, 0.15) is 40.0 Å². The molecule has 0 bridgehead atoms. The number of nitro benzene ring substituents is 1. The third-order valence-electron chi connectivity index (χ3n) is 3.70. The van der Waals surface area contributed by atoms with E-state index in [4.69, 9.17) is 0 Å². The normalized spacial score (nSPS) is 11.8. The van der Waals surface area contributed by atoms with Crippen LogP contribution in [0.5, 0.6) is 0 Å². The van der Waals surface area contributed by atoms with E-state index in [2.05, 4.69) is 5.32 Å². The lowest BCUT2D eigenvalue weighted by molar-refractivity contribution is -0.384. The van der Waals surface area contributed by atoms with Crippen molar-refractivity contribution in [1.29, 1.82) is 0 Å². The monoisotopic (exact) mass is 298 g/mol. The first-order chi connectivity index (χ1) is 10.4. The fourth-order valence-electron chi connectivity index (χ4n) is 2.16. The van der Waals surface area contributed by atoms with Crippen LogP contribution in [-0.4, -0.2) is 10.8 Å². The number of rotatable bonds is 4. The zero-order valence-corrected chi connectivity index (χ0v) is 12.8. The van der Waals surface area contributed by atoms with Gasteiger partial charge in [0.2, 0.25) is 0 Å². The maximum absolute atomic E-state index is 12.2. The molecule has 5 nitrogen and oxygen atoms in total. The second-order valence-electron chi connectivity index (χ2n) is 5.35. The number of carbonyl (C=O) groups excluding carboxylic acids is 1. The fourth-order valence-corrected chi connectivity index (χ4v) is 2.16. The van der Waals surface area contributed by atoms with Gasteiger partial charge in [-0.05, 0) is 43.5 Å². The van der Waals surface area contributed by atoms with E-state index in [0.717, 1.165) is 11.1 Å². The van der Waals surface area contributed by atoms with Crippen molar-refractivity contribution >= 4 is 11.6 Å². The third kappa shape index (κ3) is 3.49. The van der Waals surface area contributed by atoms with Crippen molar-refractivity contribution in [3.05, 3.63) is 74.8 Å². The Labute approximate surface area is 129 Å². The Morgan fingerprint density at radius 3 is 2.50 bits per heavy atom. The Morgan fingerprint density at radius 1 is 1.14 bits per heavy atom. The smallest absolute Gasteiger partial charge is 0.270 e. The van der Waals surface area contributed by atoms with Crippen molar-refractivity contribution in [1.82, 2.24) is 5.32 Å². The molecule has 0 saturated carbocycles. The highest BCUT2D eigenvalue weighted by atomic mass is 16.6. The average molecular weight is 298 g/mol. The van der Waals surface area contributed by atoms with Crippen LogP contribution in [0.3, 0.4) is 0 Å². The minimum atomic E-state index is -0.510. The van der Waals surface area contributed by atoms with E-state index in [0.29, 0.717) is 0 Å². The van der Waals surface area contributed by atoms with Gasteiger partial charge in [0.15, 0.2) is 0 Å². The summed E-state index contributed by atoms with van der Waals surface area (Å²) in [7, 11) is 0. The molecule has 0 spiro atoms. The summed E-state index contributed by atoms with van der Waals surface area (Å²) in [4.78, 5) is 22.5. The van der Waals surface area contributed by atoms with Crippen molar-refractivity contribution in [2.45, 2.75) is 26.8 Å². The van der Waals surface area contributed by atoms with Gasteiger partial charge in [0.25, 0.3) is 11.6 Å². The van der Waals surface area contributed by atoms with Crippen LogP contribution in [0.2, 0.25) is 0 Å². The number of hydrogen-bond acceptors (Lipinski definition) is 3. The molecule has 2 aromatic carbocycles. The molecule has 1 atom stereocenters. The van der Waals surface area contributed by atoms with Crippen molar-refractivity contribution in [3.8, 4) is 0 Å². The molecule has 0 fully saturated rings. The van der Waals surface area contributed by atoms with Crippen LogP contribution in [0.25, 0.3) is 0 Å². The maximum Gasteiger partial charge on any atom is 0.270 e. The van der Waals surface area contributed by atoms with Gasteiger partial charge >= 0.3 is 0 Å². The molecule has 1 unspecified atom stereocenters. The SMILES string of the molecule is Cc1ccc(C(C)NC(=O)c2cccc([N+](=O)[O-])c2)cc1C. The van der Waals surface area contributed by atoms with E-state index in [9.17, 15) is 14.9 Å². The third-order valence-corrected chi connectivity index (χ3v) is 3.70. The van der Waals surface area contributed by atoms with Gasteiger partial charge in [-0.3, -0.25) is 14.9 Å². The molecule has 114 valence electrons. The molecule has 5 heteroatoms. The first kappa shape index (κ1) is 15.7. The molecule has 0 aliphatic rings. The summed E-state index contributed by atoms with van der Waals surface area (Å²) in [6.07, 6.45) is 0. The number of aryl methyl sites for hydroxylation is 2. The van der Waals surface area contributed by atoms with Crippen molar-refractivity contribution in [2.75, 3.05) is 0 Å². The standard InChI is InChI=1S/C17H18N2O3/c1-11-7-8-14(9-12(11)2)13(3)18-17(20)15-5-4-6-16(10-15)19(21)22/h4-10,13H,1-3H3,(H,18,20). The van der Waals surface area contributed by atoms with Crippen LogP contribution < -0.4 is 5.32 Å². The minimum Gasteiger partial charge on any atom is -0.346 e. The van der Waals surface area contributed by atoms with E-state index in [1.807, 2.05) is 39.0 Å².